The SMILES string of the molecule is CCC(CC)C(=O)/C=C(\O)C(CC)CC.[C-]#[N+]c1ccc2c3cc[c-]c4c5ncnc6cccc(c65)n(c2c1)c43.[Ir]. The third-order valence-corrected chi connectivity index (χ3v) is 8.04. The molecule has 41 heavy (non-hydrogen) atoms. The summed E-state index contributed by atoms with van der Waals surface area (Å²) in [6.07, 6.45) is 6.52. The topological polar surface area (TPSA) is 71.8 Å². The molecule has 3 aromatic heterocycles. The molecule has 0 bridgehead atoms. The van der Waals surface area contributed by atoms with Crippen molar-refractivity contribution in [3.05, 3.63) is 84.2 Å². The minimum Gasteiger partial charge on any atom is -0.512 e. The number of ketones is 1. The van der Waals surface area contributed by atoms with Gasteiger partial charge in [-0.05, 0) is 54.8 Å². The minimum absolute atomic E-state index is 0. The number of rotatable bonds is 7. The van der Waals surface area contributed by atoms with Crippen LogP contribution < -0.4 is 0 Å². The van der Waals surface area contributed by atoms with Crippen LogP contribution in [0.4, 0.5) is 5.69 Å². The van der Waals surface area contributed by atoms with Crippen LogP contribution in [0.15, 0.2) is 66.7 Å². The number of hydrogen-bond acceptors (Lipinski definition) is 4. The number of pyridine rings is 1. The Morgan fingerprint density at radius 1 is 1.00 bits per heavy atom. The monoisotopic (exact) mass is 722 g/mol. The standard InChI is InChI=1S/C21H9N4.C13H24O2.Ir/c1-22-12-8-9-13-14-4-2-5-15-20-19-16(23-11-24-20)6-3-7-17(19)25(21(14)15)18(13)10-12;1-5-10(6-2)12(14)9-13(15)11(7-3)8-4;/h2-4,6-11H;9-11,14H,5-8H2,1-4H3;/q-1;;/b;12-9-;. The number of aliphatic hydroxyl groups excluding tert-OH is 1. The van der Waals surface area contributed by atoms with Crippen molar-refractivity contribution in [3.8, 4) is 0 Å². The molecule has 6 nitrogen and oxygen atoms in total. The molecule has 0 saturated carbocycles. The fourth-order valence-corrected chi connectivity index (χ4v) is 5.74. The van der Waals surface area contributed by atoms with Crippen molar-refractivity contribution in [3.63, 3.8) is 0 Å². The van der Waals surface area contributed by atoms with Gasteiger partial charge in [0.25, 0.3) is 0 Å². The van der Waals surface area contributed by atoms with Gasteiger partial charge < -0.3 is 9.51 Å². The number of carbonyl (C=O) groups excluding carboxylic acids is 1. The summed E-state index contributed by atoms with van der Waals surface area (Å²) in [6, 6.07) is 19.4. The first kappa shape index (κ1) is 30.1. The zero-order valence-corrected chi connectivity index (χ0v) is 26.1. The Hall–Kier alpha value is -3.85. The molecule has 0 amide bonds. The Labute approximate surface area is 253 Å². The molecule has 0 saturated heterocycles. The van der Waals surface area contributed by atoms with Crippen LogP contribution in [-0.4, -0.2) is 25.3 Å². The van der Waals surface area contributed by atoms with Gasteiger partial charge in [0, 0.05) is 60.0 Å². The van der Waals surface area contributed by atoms with Crippen molar-refractivity contribution in [1.82, 2.24) is 14.4 Å². The Balaban J connectivity index is 0.000000212. The summed E-state index contributed by atoms with van der Waals surface area (Å²) in [5.74, 6) is 0.547. The van der Waals surface area contributed by atoms with E-state index in [1.807, 2.05) is 64.1 Å². The maximum Gasteiger partial charge on any atom is 0.189 e. The van der Waals surface area contributed by atoms with Crippen LogP contribution in [0.1, 0.15) is 53.4 Å². The van der Waals surface area contributed by atoms with Crippen molar-refractivity contribution >= 4 is 60.6 Å². The van der Waals surface area contributed by atoms with E-state index in [1.54, 1.807) is 6.33 Å². The van der Waals surface area contributed by atoms with Crippen LogP contribution in [0.5, 0.6) is 0 Å². The summed E-state index contributed by atoms with van der Waals surface area (Å²) in [5, 5.41) is 14.1. The molecule has 6 aromatic rings. The van der Waals surface area contributed by atoms with Crippen molar-refractivity contribution in [2.75, 3.05) is 0 Å². The molecular formula is C34H33IrN4O2-. The van der Waals surface area contributed by atoms with Gasteiger partial charge in [-0.15, -0.1) is 23.6 Å². The summed E-state index contributed by atoms with van der Waals surface area (Å²) in [6.45, 7) is 15.4. The van der Waals surface area contributed by atoms with Gasteiger partial charge in [-0.3, -0.25) is 9.78 Å². The minimum atomic E-state index is 0. The number of fused-ring (bicyclic) bond motifs is 5. The van der Waals surface area contributed by atoms with Gasteiger partial charge in [-0.1, -0.05) is 51.3 Å². The number of aliphatic hydroxyl groups is 1. The molecule has 1 radical (unpaired) electrons. The predicted molar refractivity (Wildman–Crippen MR) is 163 cm³/mol. The fraction of sp³-hybridized carbons (Fsp3) is 0.294. The first-order chi connectivity index (χ1) is 19.5. The average Bonchev–Trinajstić information content (AvgIpc) is 3.32. The quantitative estimate of drug-likeness (QED) is 0.0588. The van der Waals surface area contributed by atoms with E-state index in [1.165, 1.54) is 6.08 Å². The van der Waals surface area contributed by atoms with Gasteiger partial charge in [-0.2, -0.15) is 0 Å². The van der Waals surface area contributed by atoms with Crippen LogP contribution >= 0.6 is 0 Å². The molecular weight excluding hydrogens is 689 g/mol. The molecule has 0 aliphatic carbocycles. The molecule has 211 valence electrons. The van der Waals surface area contributed by atoms with E-state index in [0.29, 0.717) is 5.69 Å². The van der Waals surface area contributed by atoms with Crippen molar-refractivity contribution < 1.29 is 30.0 Å². The van der Waals surface area contributed by atoms with Gasteiger partial charge in [0.2, 0.25) is 0 Å². The number of benzene rings is 3. The number of hydrogen-bond donors (Lipinski definition) is 1. The number of carbonyl (C=O) groups is 1. The van der Waals surface area contributed by atoms with E-state index in [0.717, 1.165) is 74.8 Å². The van der Waals surface area contributed by atoms with Crippen molar-refractivity contribution in [2.45, 2.75) is 53.4 Å². The molecule has 3 heterocycles. The third-order valence-electron chi connectivity index (χ3n) is 8.04. The van der Waals surface area contributed by atoms with Crippen LogP contribution in [-0.2, 0) is 24.9 Å². The molecule has 7 heteroatoms. The molecule has 0 fully saturated rings. The van der Waals surface area contributed by atoms with Crippen LogP contribution in [0.25, 0.3) is 54.0 Å². The first-order valence-corrected chi connectivity index (χ1v) is 14.0. The van der Waals surface area contributed by atoms with E-state index >= 15 is 0 Å². The summed E-state index contributed by atoms with van der Waals surface area (Å²) in [7, 11) is 0. The zero-order chi connectivity index (χ0) is 28.4. The molecule has 0 unspecified atom stereocenters. The maximum absolute atomic E-state index is 11.7. The van der Waals surface area contributed by atoms with Gasteiger partial charge >= 0.3 is 0 Å². The van der Waals surface area contributed by atoms with Crippen molar-refractivity contribution in [1.29, 1.82) is 0 Å². The largest absolute Gasteiger partial charge is 0.512 e. The van der Waals surface area contributed by atoms with Gasteiger partial charge in [0.15, 0.2) is 11.5 Å². The normalized spacial score (nSPS) is 11.9. The molecule has 1 N–H and O–H groups in total. The summed E-state index contributed by atoms with van der Waals surface area (Å²) in [5.41, 5.74) is 5.67. The molecule has 3 aromatic carbocycles. The molecule has 6 rings (SSSR count). The molecule has 0 spiro atoms. The third kappa shape index (κ3) is 5.30. The second kappa shape index (κ2) is 12.8. The Kier molecular flexibility index (Phi) is 9.38. The van der Waals surface area contributed by atoms with E-state index in [-0.39, 0.29) is 43.5 Å². The zero-order valence-electron chi connectivity index (χ0n) is 23.7. The van der Waals surface area contributed by atoms with Crippen LogP contribution in [0.2, 0.25) is 0 Å². The Morgan fingerprint density at radius 2 is 1.73 bits per heavy atom. The maximum atomic E-state index is 11.7. The fourth-order valence-electron chi connectivity index (χ4n) is 5.74. The van der Waals surface area contributed by atoms with Gasteiger partial charge in [-0.25, -0.2) is 9.83 Å². The molecule has 0 aliphatic rings. The predicted octanol–water partition coefficient (Wildman–Crippen LogP) is 9.00. The summed E-state index contributed by atoms with van der Waals surface area (Å²) < 4.78 is 2.23. The summed E-state index contributed by atoms with van der Waals surface area (Å²) >= 11 is 0. The molecule has 0 atom stereocenters. The average molecular weight is 722 g/mol. The second-order valence-electron chi connectivity index (χ2n) is 10.2. The Bertz CT molecular complexity index is 1900. The number of nitrogens with zero attached hydrogens (tertiary/aromatic N) is 4. The van der Waals surface area contributed by atoms with E-state index in [4.69, 9.17) is 6.57 Å². The van der Waals surface area contributed by atoms with E-state index < -0.39 is 0 Å². The number of aromatic nitrogens is 3. The first-order valence-electron chi connectivity index (χ1n) is 14.0. The van der Waals surface area contributed by atoms with E-state index in [9.17, 15) is 9.90 Å². The Morgan fingerprint density at radius 3 is 2.41 bits per heavy atom. The van der Waals surface area contributed by atoms with Gasteiger partial charge in [0.05, 0.1) is 17.8 Å². The summed E-state index contributed by atoms with van der Waals surface area (Å²) in [4.78, 5) is 24.3. The van der Waals surface area contributed by atoms with E-state index in [2.05, 4.69) is 37.4 Å². The van der Waals surface area contributed by atoms with Crippen LogP contribution in [0.3, 0.4) is 0 Å². The second-order valence-corrected chi connectivity index (χ2v) is 10.2. The molecule has 0 aliphatic heterocycles. The smallest absolute Gasteiger partial charge is 0.189 e. The van der Waals surface area contributed by atoms with Gasteiger partial charge in [0.1, 0.15) is 6.33 Å². The van der Waals surface area contributed by atoms with Crippen molar-refractivity contribution in [2.24, 2.45) is 11.8 Å². The number of allylic oxidation sites excluding steroid dienone is 2. The van der Waals surface area contributed by atoms with Crippen LogP contribution in [0, 0.1) is 24.5 Å².